The van der Waals surface area contributed by atoms with E-state index in [0.29, 0.717) is 19.8 Å². The van der Waals surface area contributed by atoms with Crippen LogP contribution in [0.25, 0.3) is 0 Å². The van der Waals surface area contributed by atoms with E-state index < -0.39 is 18.1 Å². The molecule has 0 spiro atoms. The van der Waals surface area contributed by atoms with Crippen molar-refractivity contribution in [1.29, 1.82) is 0 Å². The molecule has 0 radical (unpaired) electrons. The van der Waals surface area contributed by atoms with Gasteiger partial charge in [-0.1, -0.05) is 13.3 Å². The van der Waals surface area contributed by atoms with Crippen LogP contribution in [0, 0.1) is 0 Å². The minimum absolute atomic E-state index is 0.0899. The molecular weight excluding hydrogens is 250 g/mol. The Hall–Kier alpha value is -1.14. The number of aliphatic carboxylic acids is 1. The Bertz CT molecular complexity index is 307. The molecule has 110 valence electrons. The molecule has 2 atom stereocenters. The molecule has 1 N–H and O–H groups in total. The molecule has 1 aliphatic rings. The highest BCUT2D eigenvalue weighted by atomic mass is 16.5. The molecule has 1 heterocycles. The molecule has 0 aromatic heterocycles. The molecule has 0 bridgehead atoms. The van der Waals surface area contributed by atoms with Crippen molar-refractivity contribution < 1.29 is 24.2 Å². The van der Waals surface area contributed by atoms with Crippen LogP contribution in [0.15, 0.2) is 0 Å². The number of ether oxygens (including phenoxy) is 2. The normalized spacial score (nSPS) is 21.2. The lowest BCUT2D eigenvalue weighted by molar-refractivity contribution is -0.154. The molecule has 1 aliphatic heterocycles. The van der Waals surface area contributed by atoms with Gasteiger partial charge in [-0.15, -0.1) is 0 Å². The van der Waals surface area contributed by atoms with Gasteiger partial charge in [-0.05, 0) is 13.3 Å². The number of carboxylic acids is 1. The minimum atomic E-state index is -0.923. The summed E-state index contributed by atoms with van der Waals surface area (Å²) in [5.41, 5.74) is 0. The molecule has 2 unspecified atom stereocenters. The average Bonchev–Trinajstić information content (AvgIpc) is 2.38. The Kier molecular flexibility index (Phi) is 6.80. The van der Waals surface area contributed by atoms with Crippen LogP contribution in [0.1, 0.15) is 33.1 Å². The SMILES string of the molecule is CCCCOC(C)C(=O)N1CCOCC1CC(=O)O. The van der Waals surface area contributed by atoms with E-state index in [0.717, 1.165) is 12.8 Å². The lowest BCUT2D eigenvalue weighted by Gasteiger charge is -2.36. The Morgan fingerprint density at radius 3 is 2.89 bits per heavy atom. The summed E-state index contributed by atoms with van der Waals surface area (Å²) in [6.45, 7) is 5.48. The van der Waals surface area contributed by atoms with Gasteiger partial charge in [0.25, 0.3) is 5.91 Å². The highest BCUT2D eigenvalue weighted by Gasteiger charge is 2.31. The van der Waals surface area contributed by atoms with E-state index in [4.69, 9.17) is 14.6 Å². The molecule has 0 aliphatic carbocycles. The van der Waals surface area contributed by atoms with E-state index in [9.17, 15) is 9.59 Å². The largest absolute Gasteiger partial charge is 0.481 e. The highest BCUT2D eigenvalue weighted by Crippen LogP contribution is 2.13. The van der Waals surface area contributed by atoms with Gasteiger partial charge in [-0.3, -0.25) is 9.59 Å². The van der Waals surface area contributed by atoms with Gasteiger partial charge in [0, 0.05) is 13.2 Å². The first-order chi connectivity index (χ1) is 9.06. The van der Waals surface area contributed by atoms with Gasteiger partial charge in [0.05, 0.1) is 25.7 Å². The predicted octanol–water partition coefficient (Wildman–Crippen LogP) is 0.894. The standard InChI is InChI=1S/C13H23NO5/c1-3-4-6-19-10(2)13(17)14-5-7-18-9-11(14)8-12(15)16/h10-11H,3-9H2,1-2H3,(H,15,16). The number of carboxylic acid groups (broad SMARTS) is 1. The molecule has 0 aromatic carbocycles. The molecule has 1 fully saturated rings. The maximum absolute atomic E-state index is 12.2. The number of nitrogens with zero attached hydrogens (tertiary/aromatic N) is 1. The second-order valence-corrected chi connectivity index (χ2v) is 4.72. The molecule has 19 heavy (non-hydrogen) atoms. The van der Waals surface area contributed by atoms with Crippen LogP contribution >= 0.6 is 0 Å². The van der Waals surface area contributed by atoms with Gasteiger partial charge < -0.3 is 19.5 Å². The van der Waals surface area contributed by atoms with Gasteiger partial charge in [0.1, 0.15) is 6.10 Å². The van der Waals surface area contributed by atoms with Crippen molar-refractivity contribution in [3.05, 3.63) is 0 Å². The molecule has 0 aromatic rings. The van der Waals surface area contributed by atoms with E-state index >= 15 is 0 Å². The number of amides is 1. The molecule has 6 nitrogen and oxygen atoms in total. The van der Waals surface area contributed by atoms with Crippen LogP contribution in [0.5, 0.6) is 0 Å². The summed E-state index contributed by atoms with van der Waals surface area (Å²) in [4.78, 5) is 24.6. The van der Waals surface area contributed by atoms with E-state index in [2.05, 4.69) is 6.92 Å². The predicted molar refractivity (Wildman–Crippen MR) is 68.9 cm³/mol. The third-order valence-electron chi connectivity index (χ3n) is 3.13. The first kappa shape index (κ1) is 15.9. The van der Waals surface area contributed by atoms with Crippen LogP contribution in [0.2, 0.25) is 0 Å². The highest BCUT2D eigenvalue weighted by molar-refractivity contribution is 5.81. The van der Waals surface area contributed by atoms with Gasteiger partial charge >= 0.3 is 5.97 Å². The zero-order valence-electron chi connectivity index (χ0n) is 11.6. The fraction of sp³-hybridized carbons (Fsp3) is 0.846. The first-order valence-corrected chi connectivity index (χ1v) is 6.77. The van der Waals surface area contributed by atoms with E-state index in [1.54, 1.807) is 11.8 Å². The summed E-state index contributed by atoms with van der Waals surface area (Å²) >= 11 is 0. The van der Waals surface area contributed by atoms with Crippen LogP contribution in [0.4, 0.5) is 0 Å². The van der Waals surface area contributed by atoms with Crippen molar-refractivity contribution in [1.82, 2.24) is 4.90 Å². The number of carbonyl (C=O) groups excluding carboxylic acids is 1. The Labute approximate surface area is 113 Å². The molecular formula is C13H23NO5. The number of rotatable bonds is 7. The lowest BCUT2D eigenvalue weighted by atomic mass is 10.1. The van der Waals surface area contributed by atoms with E-state index in [1.165, 1.54) is 0 Å². The molecule has 1 rings (SSSR count). The monoisotopic (exact) mass is 273 g/mol. The fourth-order valence-corrected chi connectivity index (χ4v) is 2.02. The fourth-order valence-electron chi connectivity index (χ4n) is 2.02. The summed E-state index contributed by atoms with van der Waals surface area (Å²) < 4.78 is 10.7. The van der Waals surface area contributed by atoms with Crippen LogP contribution in [-0.2, 0) is 19.1 Å². The third kappa shape index (κ3) is 5.16. The van der Waals surface area contributed by atoms with Crippen LogP contribution in [-0.4, -0.2) is 60.4 Å². The van der Waals surface area contributed by atoms with Gasteiger partial charge in [-0.25, -0.2) is 0 Å². The van der Waals surface area contributed by atoms with Crippen LogP contribution < -0.4 is 0 Å². The Morgan fingerprint density at radius 1 is 1.53 bits per heavy atom. The van der Waals surface area contributed by atoms with Crippen molar-refractivity contribution in [2.45, 2.75) is 45.3 Å². The van der Waals surface area contributed by atoms with Crippen molar-refractivity contribution in [2.24, 2.45) is 0 Å². The van der Waals surface area contributed by atoms with Gasteiger partial charge in [-0.2, -0.15) is 0 Å². The molecule has 0 saturated carbocycles. The van der Waals surface area contributed by atoms with Crippen molar-refractivity contribution in [2.75, 3.05) is 26.4 Å². The zero-order chi connectivity index (χ0) is 14.3. The summed E-state index contributed by atoms with van der Waals surface area (Å²) in [7, 11) is 0. The average molecular weight is 273 g/mol. The van der Waals surface area contributed by atoms with Gasteiger partial charge in [0.2, 0.25) is 0 Å². The number of carbonyl (C=O) groups is 2. The van der Waals surface area contributed by atoms with E-state index in [-0.39, 0.29) is 18.9 Å². The summed E-state index contributed by atoms with van der Waals surface area (Å²) in [6, 6.07) is -0.393. The maximum atomic E-state index is 12.2. The Morgan fingerprint density at radius 2 is 2.26 bits per heavy atom. The second-order valence-electron chi connectivity index (χ2n) is 4.72. The lowest BCUT2D eigenvalue weighted by Crippen LogP contribution is -2.52. The molecule has 1 saturated heterocycles. The third-order valence-corrected chi connectivity index (χ3v) is 3.13. The number of hydrogen-bond acceptors (Lipinski definition) is 4. The summed E-state index contributed by atoms with van der Waals surface area (Å²) in [6.07, 6.45) is 1.31. The van der Waals surface area contributed by atoms with Crippen molar-refractivity contribution >= 4 is 11.9 Å². The molecule has 6 heteroatoms. The van der Waals surface area contributed by atoms with Gasteiger partial charge in [0.15, 0.2) is 0 Å². The summed E-state index contributed by atoms with van der Waals surface area (Å²) in [5.74, 6) is -1.07. The summed E-state index contributed by atoms with van der Waals surface area (Å²) in [5, 5.41) is 8.85. The minimum Gasteiger partial charge on any atom is -0.481 e. The number of morpholine rings is 1. The quantitative estimate of drug-likeness (QED) is 0.697. The maximum Gasteiger partial charge on any atom is 0.305 e. The van der Waals surface area contributed by atoms with Crippen LogP contribution in [0.3, 0.4) is 0 Å². The van der Waals surface area contributed by atoms with Crippen molar-refractivity contribution in [3.63, 3.8) is 0 Å². The Balaban J connectivity index is 2.53. The number of hydrogen-bond donors (Lipinski definition) is 1. The topological polar surface area (TPSA) is 76.1 Å². The second kappa shape index (κ2) is 8.12. The van der Waals surface area contributed by atoms with E-state index in [1.807, 2.05) is 0 Å². The smallest absolute Gasteiger partial charge is 0.305 e. The first-order valence-electron chi connectivity index (χ1n) is 6.77. The molecule has 1 amide bonds. The van der Waals surface area contributed by atoms with Crippen molar-refractivity contribution in [3.8, 4) is 0 Å². The number of unbranched alkanes of at least 4 members (excludes halogenated alkanes) is 1. The zero-order valence-corrected chi connectivity index (χ0v) is 11.6.